The second kappa shape index (κ2) is 3.09. The third-order valence-corrected chi connectivity index (χ3v) is 2.34. The quantitative estimate of drug-likeness (QED) is 0.523. The van der Waals surface area contributed by atoms with Crippen molar-refractivity contribution in [2.24, 2.45) is 5.16 Å². The minimum Gasteiger partial charge on any atom is -0.497 e. The van der Waals surface area contributed by atoms with E-state index in [1.54, 1.807) is 7.11 Å². The lowest BCUT2D eigenvalue weighted by molar-refractivity contribution is 0.317. The maximum Gasteiger partial charge on any atom is 0.119 e. The highest BCUT2D eigenvalue weighted by atomic mass is 16.5. The molecule has 1 aliphatic rings. The summed E-state index contributed by atoms with van der Waals surface area (Å²) in [5.41, 5.74) is 3.25. The Morgan fingerprint density at radius 2 is 2.08 bits per heavy atom. The summed E-state index contributed by atoms with van der Waals surface area (Å²) in [6.07, 6.45) is 1.50. The van der Waals surface area contributed by atoms with E-state index in [4.69, 9.17) is 9.94 Å². The van der Waals surface area contributed by atoms with Crippen molar-refractivity contribution in [2.45, 2.75) is 12.8 Å². The second-order valence-corrected chi connectivity index (χ2v) is 3.15. The second-order valence-electron chi connectivity index (χ2n) is 3.15. The van der Waals surface area contributed by atoms with Crippen molar-refractivity contribution >= 4 is 5.71 Å². The minimum atomic E-state index is 0.739. The number of oxime groups is 1. The van der Waals surface area contributed by atoms with Gasteiger partial charge in [-0.15, -0.1) is 0 Å². The van der Waals surface area contributed by atoms with Crippen LogP contribution in [-0.4, -0.2) is 18.0 Å². The normalized spacial score (nSPS) is 17.5. The molecule has 3 nitrogen and oxygen atoms in total. The fourth-order valence-corrected chi connectivity index (χ4v) is 1.64. The monoisotopic (exact) mass is 177 g/mol. The fraction of sp³-hybridized carbons (Fsp3) is 0.300. The highest BCUT2D eigenvalue weighted by molar-refractivity contribution is 5.92. The highest BCUT2D eigenvalue weighted by Crippen LogP contribution is 2.24. The van der Waals surface area contributed by atoms with Crippen LogP contribution in [-0.2, 0) is 12.8 Å². The van der Waals surface area contributed by atoms with Gasteiger partial charge in [0.1, 0.15) is 5.75 Å². The predicted molar refractivity (Wildman–Crippen MR) is 49.6 cm³/mol. The Hall–Kier alpha value is -1.51. The van der Waals surface area contributed by atoms with Gasteiger partial charge in [-0.2, -0.15) is 0 Å². The molecule has 0 atom stereocenters. The van der Waals surface area contributed by atoms with E-state index in [9.17, 15) is 0 Å². The van der Waals surface area contributed by atoms with E-state index in [2.05, 4.69) is 5.16 Å². The Morgan fingerprint density at radius 3 is 2.77 bits per heavy atom. The maximum atomic E-state index is 8.62. The molecule has 68 valence electrons. The molecule has 0 aromatic heterocycles. The Bertz CT molecular complexity index is 358. The van der Waals surface area contributed by atoms with E-state index in [-0.39, 0.29) is 0 Å². The van der Waals surface area contributed by atoms with Gasteiger partial charge in [0.15, 0.2) is 0 Å². The Labute approximate surface area is 76.6 Å². The van der Waals surface area contributed by atoms with Crippen molar-refractivity contribution < 1.29 is 9.94 Å². The molecule has 13 heavy (non-hydrogen) atoms. The first-order chi connectivity index (χ1) is 6.33. The molecular weight excluding hydrogens is 166 g/mol. The number of nitrogens with zero attached hydrogens (tertiary/aromatic N) is 1. The molecule has 1 aromatic rings. The van der Waals surface area contributed by atoms with Crippen LogP contribution in [0, 0.1) is 0 Å². The Kier molecular flexibility index (Phi) is 1.93. The smallest absolute Gasteiger partial charge is 0.119 e. The zero-order valence-corrected chi connectivity index (χ0v) is 7.45. The SMILES string of the molecule is COc1ccc2c(c1)CC(=NO)C2. The van der Waals surface area contributed by atoms with Gasteiger partial charge in [0, 0.05) is 12.8 Å². The predicted octanol–water partition coefficient (Wildman–Crippen LogP) is 1.62. The lowest BCUT2D eigenvalue weighted by atomic mass is 10.1. The first-order valence-electron chi connectivity index (χ1n) is 4.19. The van der Waals surface area contributed by atoms with Crippen molar-refractivity contribution in [1.82, 2.24) is 0 Å². The van der Waals surface area contributed by atoms with Crippen molar-refractivity contribution in [1.29, 1.82) is 0 Å². The van der Waals surface area contributed by atoms with Crippen LogP contribution in [0.5, 0.6) is 5.75 Å². The molecule has 0 unspecified atom stereocenters. The van der Waals surface area contributed by atoms with Gasteiger partial charge in [0.2, 0.25) is 0 Å². The molecule has 1 aromatic carbocycles. The van der Waals surface area contributed by atoms with E-state index < -0.39 is 0 Å². The summed E-state index contributed by atoms with van der Waals surface area (Å²) in [7, 11) is 1.65. The third-order valence-electron chi connectivity index (χ3n) is 2.34. The van der Waals surface area contributed by atoms with E-state index in [1.165, 1.54) is 11.1 Å². The molecule has 0 heterocycles. The summed E-state index contributed by atoms with van der Waals surface area (Å²) >= 11 is 0. The Morgan fingerprint density at radius 1 is 1.31 bits per heavy atom. The molecule has 0 fully saturated rings. The molecule has 1 aliphatic carbocycles. The third kappa shape index (κ3) is 1.37. The number of benzene rings is 1. The average molecular weight is 177 g/mol. The van der Waals surface area contributed by atoms with Crippen LogP contribution in [0.4, 0.5) is 0 Å². The summed E-state index contributed by atoms with van der Waals surface area (Å²) < 4.78 is 5.11. The summed E-state index contributed by atoms with van der Waals surface area (Å²) in [6, 6.07) is 5.94. The van der Waals surface area contributed by atoms with Gasteiger partial charge in [0.25, 0.3) is 0 Å². The number of fused-ring (bicyclic) bond motifs is 1. The Balaban J connectivity index is 2.36. The van der Waals surface area contributed by atoms with Gasteiger partial charge in [-0.1, -0.05) is 11.2 Å². The standard InChI is InChI=1S/C10H11NO2/c1-13-10-3-2-7-4-9(11-12)5-8(7)6-10/h2-3,6,12H,4-5H2,1H3. The molecule has 0 spiro atoms. The van der Waals surface area contributed by atoms with Crippen LogP contribution in [0.1, 0.15) is 11.1 Å². The molecule has 0 aliphatic heterocycles. The first kappa shape index (κ1) is 8.10. The molecule has 0 radical (unpaired) electrons. The van der Waals surface area contributed by atoms with Gasteiger partial charge in [-0.05, 0) is 23.3 Å². The van der Waals surface area contributed by atoms with Crippen LogP contribution in [0.25, 0.3) is 0 Å². The van der Waals surface area contributed by atoms with Gasteiger partial charge < -0.3 is 9.94 Å². The zero-order valence-electron chi connectivity index (χ0n) is 7.45. The van der Waals surface area contributed by atoms with Crippen molar-refractivity contribution in [2.75, 3.05) is 7.11 Å². The van der Waals surface area contributed by atoms with Crippen LogP contribution >= 0.6 is 0 Å². The van der Waals surface area contributed by atoms with E-state index in [0.717, 1.165) is 24.3 Å². The molecular formula is C10H11NO2. The van der Waals surface area contributed by atoms with Crippen LogP contribution in [0.3, 0.4) is 0 Å². The summed E-state index contributed by atoms with van der Waals surface area (Å²) in [5, 5.41) is 11.9. The molecule has 2 rings (SSSR count). The summed E-state index contributed by atoms with van der Waals surface area (Å²) in [4.78, 5) is 0. The fourth-order valence-electron chi connectivity index (χ4n) is 1.64. The molecule has 3 heteroatoms. The lowest BCUT2D eigenvalue weighted by Crippen LogP contribution is -1.94. The molecule has 0 saturated carbocycles. The number of hydrogen-bond acceptors (Lipinski definition) is 3. The van der Waals surface area contributed by atoms with Crippen molar-refractivity contribution in [3.8, 4) is 5.75 Å². The lowest BCUT2D eigenvalue weighted by Gasteiger charge is -2.01. The van der Waals surface area contributed by atoms with Crippen LogP contribution in [0.15, 0.2) is 23.4 Å². The van der Waals surface area contributed by atoms with Gasteiger partial charge in [-0.3, -0.25) is 0 Å². The number of methoxy groups -OCH3 is 1. The molecule has 0 bridgehead atoms. The van der Waals surface area contributed by atoms with E-state index >= 15 is 0 Å². The van der Waals surface area contributed by atoms with Crippen molar-refractivity contribution in [3.05, 3.63) is 29.3 Å². The molecule has 0 amide bonds. The number of ether oxygens (including phenoxy) is 1. The topological polar surface area (TPSA) is 41.8 Å². The largest absolute Gasteiger partial charge is 0.497 e. The van der Waals surface area contributed by atoms with Crippen molar-refractivity contribution in [3.63, 3.8) is 0 Å². The number of rotatable bonds is 1. The highest BCUT2D eigenvalue weighted by Gasteiger charge is 2.17. The minimum absolute atomic E-state index is 0.739. The van der Waals surface area contributed by atoms with Gasteiger partial charge >= 0.3 is 0 Å². The zero-order chi connectivity index (χ0) is 9.26. The maximum absolute atomic E-state index is 8.62. The first-order valence-corrected chi connectivity index (χ1v) is 4.19. The summed E-state index contributed by atoms with van der Waals surface area (Å²) in [6.45, 7) is 0. The van der Waals surface area contributed by atoms with Crippen LogP contribution in [0.2, 0.25) is 0 Å². The summed E-state index contributed by atoms with van der Waals surface area (Å²) in [5.74, 6) is 0.859. The number of hydrogen-bond donors (Lipinski definition) is 1. The van der Waals surface area contributed by atoms with Gasteiger partial charge in [-0.25, -0.2) is 0 Å². The molecule has 0 saturated heterocycles. The van der Waals surface area contributed by atoms with E-state index in [1.807, 2.05) is 18.2 Å². The van der Waals surface area contributed by atoms with Gasteiger partial charge in [0.05, 0.1) is 12.8 Å². The average Bonchev–Trinajstić information content (AvgIpc) is 2.58. The molecule has 1 N–H and O–H groups in total. The van der Waals surface area contributed by atoms with Crippen LogP contribution < -0.4 is 4.74 Å². The van der Waals surface area contributed by atoms with E-state index in [0.29, 0.717) is 0 Å².